The van der Waals surface area contributed by atoms with Gasteiger partial charge in [0, 0.05) is 24.9 Å². The third kappa shape index (κ3) is 5.93. The van der Waals surface area contributed by atoms with Crippen molar-refractivity contribution in [1.29, 1.82) is 0 Å². The molecule has 0 spiro atoms. The SMILES string of the molecule is Cc1cccc(-c2nc(Cc3ccnc(C(F)(F)F)c3)nc(NCC(C)(C)O)n2)n1. The first-order chi connectivity index (χ1) is 14.0. The van der Waals surface area contributed by atoms with E-state index in [4.69, 9.17) is 0 Å². The summed E-state index contributed by atoms with van der Waals surface area (Å²) in [5.41, 5.74) is -0.350. The zero-order chi connectivity index (χ0) is 21.9. The molecular weight excluding hydrogens is 397 g/mol. The van der Waals surface area contributed by atoms with Crippen LogP contribution in [0, 0.1) is 6.92 Å². The minimum Gasteiger partial charge on any atom is -0.389 e. The van der Waals surface area contributed by atoms with E-state index in [0.717, 1.165) is 18.0 Å². The maximum atomic E-state index is 13.0. The van der Waals surface area contributed by atoms with Gasteiger partial charge in [-0.25, -0.2) is 9.97 Å². The fourth-order valence-corrected chi connectivity index (χ4v) is 2.58. The summed E-state index contributed by atoms with van der Waals surface area (Å²) in [7, 11) is 0. The Labute approximate surface area is 171 Å². The van der Waals surface area contributed by atoms with E-state index >= 15 is 0 Å². The summed E-state index contributed by atoms with van der Waals surface area (Å²) in [5.74, 6) is 0.749. The average molecular weight is 418 g/mol. The van der Waals surface area contributed by atoms with Crippen LogP contribution >= 0.6 is 0 Å². The van der Waals surface area contributed by atoms with E-state index in [-0.39, 0.29) is 30.6 Å². The van der Waals surface area contributed by atoms with E-state index < -0.39 is 17.5 Å². The predicted octanol–water partition coefficient (Wildman–Crippen LogP) is 3.43. The minimum atomic E-state index is -4.54. The third-order valence-corrected chi connectivity index (χ3v) is 3.96. The lowest BCUT2D eigenvalue weighted by Gasteiger charge is -2.18. The molecule has 0 amide bonds. The van der Waals surface area contributed by atoms with Crippen molar-refractivity contribution in [3.8, 4) is 11.5 Å². The number of rotatable bonds is 6. The Kier molecular flexibility index (Phi) is 5.97. The number of hydrogen-bond donors (Lipinski definition) is 2. The van der Waals surface area contributed by atoms with Gasteiger partial charge in [0.25, 0.3) is 0 Å². The van der Waals surface area contributed by atoms with Gasteiger partial charge in [0.15, 0.2) is 5.82 Å². The molecule has 158 valence electrons. The van der Waals surface area contributed by atoms with Crippen LogP contribution in [0.2, 0.25) is 0 Å². The summed E-state index contributed by atoms with van der Waals surface area (Å²) >= 11 is 0. The Hall–Kier alpha value is -3.14. The van der Waals surface area contributed by atoms with Gasteiger partial charge in [-0.3, -0.25) is 4.98 Å². The molecule has 7 nitrogen and oxygen atoms in total. The molecule has 0 aromatic carbocycles. The Morgan fingerprint density at radius 3 is 2.47 bits per heavy atom. The lowest BCUT2D eigenvalue weighted by atomic mass is 10.1. The van der Waals surface area contributed by atoms with Gasteiger partial charge in [0.1, 0.15) is 17.2 Å². The summed E-state index contributed by atoms with van der Waals surface area (Å²) < 4.78 is 38.9. The number of hydrogen-bond acceptors (Lipinski definition) is 7. The Morgan fingerprint density at radius 1 is 1.03 bits per heavy atom. The van der Waals surface area contributed by atoms with E-state index in [1.54, 1.807) is 19.9 Å². The van der Waals surface area contributed by atoms with Gasteiger partial charge in [-0.2, -0.15) is 23.1 Å². The zero-order valence-corrected chi connectivity index (χ0v) is 16.7. The lowest BCUT2D eigenvalue weighted by Crippen LogP contribution is -2.30. The van der Waals surface area contributed by atoms with Gasteiger partial charge in [-0.15, -0.1) is 0 Å². The minimum absolute atomic E-state index is 0.0458. The number of nitrogens with zero attached hydrogens (tertiary/aromatic N) is 5. The van der Waals surface area contributed by atoms with Crippen LogP contribution in [0.5, 0.6) is 0 Å². The normalized spacial score (nSPS) is 12.1. The average Bonchev–Trinajstić information content (AvgIpc) is 2.65. The largest absolute Gasteiger partial charge is 0.433 e. The summed E-state index contributed by atoms with van der Waals surface area (Å²) in [6, 6.07) is 7.82. The molecule has 0 fully saturated rings. The van der Waals surface area contributed by atoms with Crippen LogP contribution in [0.1, 0.15) is 36.6 Å². The molecule has 3 aromatic rings. The van der Waals surface area contributed by atoms with Crippen LogP contribution < -0.4 is 5.32 Å². The Bertz CT molecular complexity index is 1030. The highest BCUT2D eigenvalue weighted by atomic mass is 19.4. The maximum absolute atomic E-state index is 13.0. The van der Waals surface area contributed by atoms with Crippen LogP contribution in [0.15, 0.2) is 36.5 Å². The summed E-state index contributed by atoms with van der Waals surface area (Å²) in [6.07, 6.45) is -3.38. The van der Waals surface area contributed by atoms with Crippen LogP contribution in [-0.4, -0.2) is 42.2 Å². The smallest absolute Gasteiger partial charge is 0.389 e. The molecule has 0 aliphatic rings. The molecule has 0 bridgehead atoms. The van der Waals surface area contributed by atoms with Gasteiger partial charge < -0.3 is 10.4 Å². The number of alkyl halides is 3. The first kappa shape index (κ1) is 21.6. The van der Waals surface area contributed by atoms with Crippen molar-refractivity contribution in [3.05, 3.63) is 59.3 Å². The zero-order valence-electron chi connectivity index (χ0n) is 16.7. The number of aliphatic hydroxyl groups is 1. The summed E-state index contributed by atoms with van der Waals surface area (Å²) in [4.78, 5) is 20.8. The van der Waals surface area contributed by atoms with E-state index in [2.05, 4.69) is 30.2 Å². The van der Waals surface area contributed by atoms with E-state index in [0.29, 0.717) is 11.3 Å². The molecule has 3 aromatic heterocycles. The number of pyridine rings is 2. The topological polar surface area (TPSA) is 96.7 Å². The number of aromatic nitrogens is 5. The van der Waals surface area contributed by atoms with Crippen molar-refractivity contribution in [2.24, 2.45) is 0 Å². The van der Waals surface area contributed by atoms with Gasteiger partial charge in [0.2, 0.25) is 5.95 Å². The molecule has 30 heavy (non-hydrogen) atoms. The maximum Gasteiger partial charge on any atom is 0.433 e. The fraction of sp³-hybridized carbons (Fsp3) is 0.350. The van der Waals surface area contributed by atoms with E-state index in [1.165, 1.54) is 6.07 Å². The van der Waals surface area contributed by atoms with Crippen LogP contribution in [0.4, 0.5) is 19.1 Å². The highest BCUT2D eigenvalue weighted by Gasteiger charge is 2.32. The van der Waals surface area contributed by atoms with Gasteiger partial charge in [-0.1, -0.05) is 6.07 Å². The molecule has 0 radical (unpaired) electrons. The summed E-state index contributed by atoms with van der Waals surface area (Å²) in [5, 5.41) is 12.9. The molecule has 0 aliphatic heterocycles. The number of aryl methyl sites for hydroxylation is 1. The van der Waals surface area contributed by atoms with Gasteiger partial charge in [-0.05, 0) is 50.6 Å². The highest BCUT2D eigenvalue weighted by Crippen LogP contribution is 2.28. The Balaban J connectivity index is 1.97. The van der Waals surface area contributed by atoms with Crippen LogP contribution in [0.3, 0.4) is 0 Å². The molecule has 0 saturated heterocycles. The summed E-state index contributed by atoms with van der Waals surface area (Å²) in [6.45, 7) is 5.25. The predicted molar refractivity (Wildman–Crippen MR) is 105 cm³/mol. The molecular formula is C20H21F3N6O. The first-order valence-electron chi connectivity index (χ1n) is 9.17. The van der Waals surface area contributed by atoms with Crippen molar-refractivity contribution in [2.45, 2.75) is 39.0 Å². The van der Waals surface area contributed by atoms with Crippen LogP contribution in [0.25, 0.3) is 11.5 Å². The first-order valence-corrected chi connectivity index (χ1v) is 9.17. The second-order valence-corrected chi connectivity index (χ2v) is 7.45. The van der Waals surface area contributed by atoms with Crippen molar-refractivity contribution in [2.75, 3.05) is 11.9 Å². The molecule has 0 aliphatic carbocycles. The standard InChI is InChI=1S/C20H21F3N6O/c1-12-5-4-6-14(26-12)17-27-16(28-18(29-17)25-11-19(2,3)30)10-13-7-8-24-15(9-13)20(21,22)23/h4-9,30H,10-11H2,1-3H3,(H,25,27,28,29). The molecule has 0 atom stereocenters. The number of anilines is 1. The third-order valence-electron chi connectivity index (χ3n) is 3.96. The second kappa shape index (κ2) is 8.31. The Morgan fingerprint density at radius 2 is 1.80 bits per heavy atom. The quantitative estimate of drug-likeness (QED) is 0.633. The van der Waals surface area contributed by atoms with Gasteiger partial charge >= 0.3 is 6.18 Å². The van der Waals surface area contributed by atoms with E-state index in [1.807, 2.05) is 19.1 Å². The second-order valence-electron chi connectivity index (χ2n) is 7.45. The lowest BCUT2D eigenvalue weighted by molar-refractivity contribution is -0.141. The van der Waals surface area contributed by atoms with E-state index in [9.17, 15) is 18.3 Å². The van der Waals surface area contributed by atoms with Gasteiger partial charge in [0.05, 0.1) is 5.60 Å². The molecule has 3 rings (SSSR count). The fourth-order valence-electron chi connectivity index (χ4n) is 2.58. The highest BCUT2D eigenvalue weighted by molar-refractivity contribution is 5.51. The molecule has 2 N–H and O–H groups in total. The number of nitrogens with one attached hydrogen (secondary N) is 1. The molecule has 10 heteroatoms. The molecule has 3 heterocycles. The van der Waals surface area contributed by atoms with Crippen molar-refractivity contribution in [1.82, 2.24) is 24.9 Å². The monoisotopic (exact) mass is 418 g/mol. The number of halogens is 3. The molecule has 0 saturated carbocycles. The van der Waals surface area contributed by atoms with Crippen LogP contribution in [-0.2, 0) is 12.6 Å². The van der Waals surface area contributed by atoms with Crippen molar-refractivity contribution < 1.29 is 18.3 Å². The molecule has 0 unspecified atom stereocenters. The van der Waals surface area contributed by atoms with Crippen molar-refractivity contribution >= 4 is 5.95 Å². The van der Waals surface area contributed by atoms with Crippen molar-refractivity contribution in [3.63, 3.8) is 0 Å².